The Labute approximate surface area is 127 Å². The summed E-state index contributed by atoms with van der Waals surface area (Å²) in [7, 11) is 0. The lowest BCUT2D eigenvalue weighted by molar-refractivity contribution is -0.137. The molecule has 4 heteroatoms. The molecular formula is C17H28N2O2. The molecule has 1 aliphatic carbocycles. The number of hydrogen-bond acceptors (Lipinski definition) is 2. The number of amides is 2. The highest BCUT2D eigenvalue weighted by Gasteiger charge is 2.37. The van der Waals surface area contributed by atoms with Gasteiger partial charge in [0, 0.05) is 38.0 Å². The Morgan fingerprint density at radius 2 is 1.00 bits per heavy atom. The molecule has 1 saturated carbocycles. The van der Waals surface area contributed by atoms with E-state index in [1.54, 1.807) is 0 Å². The van der Waals surface area contributed by atoms with Gasteiger partial charge in [0.25, 0.3) is 0 Å². The highest BCUT2D eigenvalue weighted by molar-refractivity contribution is 5.83. The van der Waals surface area contributed by atoms with Gasteiger partial charge in [0.2, 0.25) is 11.8 Å². The second-order valence-corrected chi connectivity index (χ2v) is 6.98. The number of piperidine rings is 2. The predicted octanol–water partition coefficient (Wildman–Crippen LogP) is 2.43. The zero-order valence-electron chi connectivity index (χ0n) is 13.1. The van der Waals surface area contributed by atoms with Gasteiger partial charge in [-0.25, -0.2) is 0 Å². The van der Waals surface area contributed by atoms with Gasteiger partial charge in [-0.2, -0.15) is 0 Å². The van der Waals surface area contributed by atoms with Crippen LogP contribution in [0, 0.1) is 11.8 Å². The monoisotopic (exact) mass is 292 g/mol. The number of carbonyl (C=O) groups excluding carboxylic acids is 2. The van der Waals surface area contributed by atoms with Crippen LogP contribution in [0.15, 0.2) is 0 Å². The molecule has 0 radical (unpaired) electrons. The SMILES string of the molecule is O=C(C1CCC(C(=O)N2CCCCC2)C1)N1CCCCC1. The van der Waals surface area contributed by atoms with Gasteiger partial charge >= 0.3 is 0 Å². The lowest BCUT2D eigenvalue weighted by atomic mass is 10.00. The van der Waals surface area contributed by atoms with Crippen LogP contribution in [0.25, 0.3) is 0 Å². The maximum absolute atomic E-state index is 12.5. The van der Waals surface area contributed by atoms with E-state index in [1.165, 1.54) is 12.8 Å². The smallest absolute Gasteiger partial charge is 0.225 e. The second-order valence-electron chi connectivity index (χ2n) is 6.98. The molecule has 3 fully saturated rings. The van der Waals surface area contributed by atoms with Crippen molar-refractivity contribution in [2.24, 2.45) is 11.8 Å². The topological polar surface area (TPSA) is 40.6 Å². The highest BCUT2D eigenvalue weighted by atomic mass is 16.2. The van der Waals surface area contributed by atoms with Crippen molar-refractivity contribution < 1.29 is 9.59 Å². The summed E-state index contributed by atoms with van der Waals surface area (Å²) in [5.74, 6) is 0.871. The molecule has 2 atom stereocenters. The van der Waals surface area contributed by atoms with Gasteiger partial charge in [-0.1, -0.05) is 0 Å². The third-order valence-corrected chi connectivity index (χ3v) is 5.47. The molecule has 3 rings (SSSR count). The van der Waals surface area contributed by atoms with E-state index in [0.717, 1.165) is 71.1 Å². The predicted molar refractivity (Wildman–Crippen MR) is 81.7 cm³/mol. The van der Waals surface area contributed by atoms with Gasteiger partial charge < -0.3 is 9.80 Å². The minimum absolute atomic E-state index is 0.113. The third-order valence-electron chi connectivity index (χ3n) is 5.47. The molecule has 4 nitrogen and oxygen atoms in total. The molecule has 0 spiro atoms. The number of nitrogens with zero attached hydrogens (tertiary/aromatic N) is 2. The molecule has 2 saturated heterocycles. The van der Waals surface area contributed by atoms with Crippen molar-refractivity contribution in [3.63, 3.8) is 0 Å². The Morgan fingerprint density at radius 3 is 1.38 bits per heavy atom. The van der Waals surface area contributed by atoms with Crippen LogP contribution in [-0.4, -0.2) is 47.8 Å². The van der Waals surface area contributed by atoms with E-state index in [9.17, 15) is 9.59 Å². The Bertz CT molecular complexity index is 348. The van der Waals surface area contributed by atoms with Crippen molar-refractivity contribution in [3.8, 4) is 0 Å². The normalized spacial score (nSPS) is 30.5. The van der Waals surface area contributed by atoms with Crippen LogP contribution in [0.1, 0.15) is 57.8 Å². The third kappa shape index (κ3) is 3.41. The van der Waals surface area contributed by atoms with Crippen LogP contribution in [0.4, 0.5) is 0 Å². The molecule has 2 aliphatic heterocycles. The van der Waals surface area contributed by atoms with Crippen molar-refractivity contribution in [1.82, 2.24) is 9.80 Å². The summed E-state index contributed by atoms with van der Waals surface area (Å²) in [4.78, 5) is 29.2. The number of hydrogen-bond donors (Lipinski definition) is 0. The van der Waals surface area contributed by atoms with Crippen molar-refractivity contribution in [2.75, 3.05) is 26.2 Å². The van der Waals surface area contributed by atoms with Gasteiger partial charge in [-0.15, -0.1) is 0 Å². The summed E-state index contributed by atoms with van der Waals surface area (Å²) < 4.78 is 0. The molecule has 3 aliphatic rings. The molecule has 0 aromatic rings. The summed E-state index contributed by atoms with van der Waals surface area (Å²) in [5, 5.41) is 0. The van der Waals surface area contributed by atoms with E-state index in [1.807, 2.05) is 9.80 Å². The van der Waals surface area contributed by atoms with Crippen molar-refractivity contribution in [3.05, 3.63) is 0 Å². The van der Waals surface area contributed by atoms with E-state index in [-0.39, 0.29) is 11.8 Å². The Hall–Kier alpha value is -1.06. The quantitative estimate of drug-likeness (QED) is 0.784. The molecule has 2 amide bonds. The summed E-state index contributed by atoms with van der Waals surface area (Å²) >= 11 is 0. The molecule has 2 unspecified atom stereocenters. The van der Waals surface area contributed by atoms with Crippen molar-refractivity contribution >= 4 is 11.8 Å². The first kappa shape index (κ1) is 14.9. The minimum Gasteiger partial charge on any atom is -0.342 e. The lowest BCUT2D eigenvalue weighted by Gasteiger charge is -2.30. The van der Waals surface area contributed by atoms with Crippen LogP contribution < -0.4 is 0 Å². The molecule has 0 aromatic heterocycles. The summed E-state index contributed by atoms with van der Waals surface area (Å²) in [5.41, 5.74) is 0. The second kappa shape index (κ2) is 6.80. The van der Waals surface area contributed by atoms with E-state index >= 15 is 0 Å². The van der Waals surface area contributed by atoms with Gasteiger partial charge in [-0.3, -0.25) is 9.59 Å². The first-order chi connectivity index (χ1) is 10.3. The molecule has 2 heterocycles. The van der Waals surface area contributed by atoms with Gasteiger partial charge in [0.05, 0.1) is 0 Å². The zero-order chi connectivity index (χ0) is 14.7. The lowest BCUT2D eigenvalue weighted by Crippen LogP contribution is -2.40. The van der Waals surface area contributed by atoms with E-state index < -0.39 is 0 Å². The fourth-order valence-corrected chi connectivity index (χ4v) is 4.18. The fourth-order valence-electron chi connectivity index (χ4n) is 4.18. The van der Waals surface area contributed by atoms with Crippen LogP contribution in [-0.2, 0) is 9.59 Å². The van der Waals surface area contributed by atoms with Gasteiger partial charge in [0.15, 0.2) is 0 Å². The highest BCUT2D eigenvalue weighted by Crippen LogP contribution is 2.34. The zero-order valence-corrected chi connectivity index (χ0v) is 13.1. The average molecular weight is 292 g/mol. The standard InChI is InChI=1S/C17H28N2O2/c20-16(18-9-3-1-4-10-18)14-7-8-15(13-14)17(21)19-11-5-2-6-12-19/h14-15H,1-13H2. The van der Waals surface area contributed by atoms with Crippen LogP contribution in [0.5, 0.6) is 0 Å². The van der Waals surface area contributed by atoms with Gasteiger partial charge in [-0.05, 0) is 57.8 Å². The molecule has 118 valence electrons. The van der Waals surface area contributed by atoms with Gasteiger partial charge in [0.1, 0.15) is 0 Å². The van der Waals surface area contributed by atoms with Crippen LogP contribution in [0.2, 0.25) is 0 Å². The molecule has 0 bridgehead atoms. The number of rotatable bonds is 2. The molecular weight excluding hydrogens is 264 g/mol. The minimum atomic E-state index is 0.113. The average Bonchev–Trinajstić information content (AvgIpc) is 3.05. The maximum atomic E-state index is 12.5. The molecule has 0 N–H and O–H groups in total. The van der Waals surface area contributed by atoms with E-state index in [2.05, 4.69) is 0 Å². The Balaban J connectivity index is 1.52. The summed E-state index contributed by atoms with van der Waals surface area (Å²) in [6.07, 6.45) is 9.73. The maximum Gasteiger partial charge on any atom is 0.225 e. The van der Waals surface area contributed by atoms with Crippen LogP contribution in [0.3, 0.4) is 0 Å². The molecule has 21 heavy (non-hydrogen) atoms. The van der Waals surface area contributed by atoms with Crippen LogP contribution >= 0.6 is 0 Å². The van der Waals surface area contributed by atoms with E-state index in [4.69, 9.17) is 0 Å². The summed E-state index contributed by atoms with van der Waals surface area (Å²) in [6, 6.07) is 0. The van der Waals surface area contributed by atoms with E-state index in [0.29, 0.717) is 11.8 Å². The fraction of sp³-hybridized carbons (Fsp3) is 0.882. The first-order valence-corrected chi connectivity index (χ1v) is 8.83. The summed E-state index contributed by atoms with van der Waals surface area (Å²) in [6.45, 7) is 3.72. The Kier molecular flexibility index (Phi) is 4.81. The largest absolute Gasteiger partial charge is 0.342 e. The number of likely N-dealkylation sites (tertiary alicyclic amines) is 2. The van der Waals surface area contributed by atoms with Crippen molar-refractivity contribution in [2.45, 2.75) is 57.8 Å². The molecule has 0 aromatic carbocycles. The first-order valence-electron chi connectivity index (χ1n) is 8.83. The Morgan fingerprint density at radius 1 is 0.619 bits per heavy atom. The number of carbonyl (C=O) groups is 2. The van der Waals surface area contributed by atoms with Crippen molar-refractivity contribution in [1.29, 1.82) is 0 Å².